The van der Waals surface area contributed by atoms with Gasteiger partial charge in [0.25, 0.3) is 5.56 Å². The van der Waals surface area contributed by atoms with Crippen LogP contribution >= 0.6 is 0 Å². The van der Waals surface area contributed by atoms with E-state index in [0.717, 1.165) is 24.3 Å². The number of aromatic hydroxyl groups is 1. The molecule has 1 aromatic carbocycles. The van der Waals surface area contributed by atoms with Gasteiger partial charge in [0.05, 0.1) is 25.1 Å². The lowest BCUT2D eigenvalue weighted by Gasteiger charge is -2.29. The van der Waals surface area contributed by atoms with Crippen molar-refractivity contribution >= 4 is 11.4 Å². The number of anilines is 2. The van der Waals surface area contributed by atoms with Crippen LogP contribution in [0.5, 0.6) is 5.75 Å². The normalized spacial score (nSPS) is 15.2. The molecule has 1 aliphatic rings. The van der Waals surface area contributed by atoms with E-state index in [0.29, 0.717) is 30.3 Å². The molecule has 158 valence electrons. The maximum Gasteiger partial charge on any atom is 0.296 e. The molecule has 0 spiro atoms. The molecule has 1 atom stereocenters. The zero-order chi connectivity index (χ0) is 21.3. The summed E-state index contributed by atoms with van der Waals surface area (Å²) in [5.74, 6) is -0.295. The van der Waals surface area contributed by atoms with Crippen LogP contribution in [0.4, 0.5) is 11.4 Å². The van der Waals surface area contributed by atoms with Crippen molar-refractivity contribution in [2.75, 3.05) is 36.5 Å². The Balaban J connectivity index is 1.76. The number of morpholine rings is 1. The largest absolute Gasteiger partial charge is 0.502 e. The summed E-state index contributed by atoms with van der Waals surface area (Å²) in [6, 6.07) is 5.92. The van der Waals surface area contributed by atoms with Crippen molar-refractivity contribution in [1.82, 2.24) is 14.7 Å². The molecule has 4 rings (SSSR count). The number of nitrogens with one attached hydrogen (secondary N) is 1. The van der Waals surface area contributed by atoms with E-state index in [-0.39, 0.29) is 5.69 Å². The molecule has 1 fully saturated rings. The lowest BCUT2D eigenvalue weighted by molar-refractivity contribution is 0.122. The molecule has 10 nitrogen and oxygen atoms in total. The van der Waals surface area contributed by atoms with Gasteiger partial charge in [-0.2, -0.15) is 0 Å². The lowest BCUT2D eigenvalue weighted by Crippen LogP contribution is -2.36. The van der Waals surface area contributed by atoms with E-state index in [9.17, 15) is 15.0 Å². The Labute approximate surface area is 172 Å². The number of benzene rings is 1. The summed E-state index contributed by atoms with van der Waals surface area (Å²) in [6.07, 6.45) is 1.22. The number of rotatable bonds is 5. The van der Waals surface area contributed by atoms with E-state index in [1.54, 1.807) is 0 Å². The Kier molecular flexibility index (Phi) is 5.42. The highest BCUT2D eigenvalue weighted by Crippen LogP contribution is 2.28. The van der Waals surface area contributed by atoms with Crippen LogP contribution in [0.1, 0.15) is 17.5 Å². The molecule has 3 aromatic rings. The Bertz CT molecular complexity index is 1090. The first-order valence-electron chi connectivity index (χ1n) is 9.52. The van der Waals surface area contributed by atoms with E-state index in [1.165, 1.54) is 24.1 Å². The molecule has 10 heteroatoms. The van der Waals surface area contributed by atoms with Crippen LogP contribution in [0.15, 0.2) is 40.0 Å². The van der Waals surface area contributed by atoms with Gasteiger partial charge >= 0.3 is 0 Å². The third-order valence-electron chi connectivity index (χ3n) is 4.99. The number of ether oxygens (including phenoxy) is 1. The van der Waals surface area contributed by atoms with E-state index in [4.69, 9.17) is 9.26 Å². The van der Waals surface area contributed by atoms with Gasteiger partial charge in [0, 0.05) is 31.4 Å². The van der Waals surface area contributed by atoms with Crippen LogP contribution in [0, 0.1) is 6.92 Å². The quantitative estimate of drug-likeness (QED) is 0.532. The van der Waals surface area contributed by atoms with Crippen LogP contribution < -0.4 is 15.8 Å². The Morgan fingerprint density at radius 1 is 1.23 bits per heavy atom. The first kappa shape index (κ1) is 19.9. The van der Waals surface area contributed by atoms with Gasteiger partial charge in [-0.1, -0.05) is 5.16 Å². The zero-order valence-corrected chi connectivity index (χ0v) is 16.7. The smallest absolute Gasteiger partial charge is 0.296 e. The first-order valence-corrected chi connectivity index (χ1v) is 9.52. The summed E-state index contributed by atoms with van der Waals surface area (Å²) in [5, 5.41) is 27.0. The third kappa shape index (κ3) is 3.87. The lowest BCUT2D eigenvalue weighted by atomic mass is 10.1. The van der Waals surface area contributed by atoms with E-state index >= 15 is 0 Å². The van der Waals surface area contributed by atoms with Gasteiger partial charge in [0.1, 0.15) is 17.8 Å². The maximum atomic E-state index is 12.6. The molecule has 3 heterocycles. The SMILES string of the molecule is Cc1cc(-c2nc(C(O)Nc3cnoc3)c(O)c(=O)n2C)cc(N2CCOCC2)c1. The maximum absolute atomic E-state index is 12.6. The van der Waals surface area contributed by atoms with E-state index < -0.39 is 17.5 Å². The highest BCUT2D eigenvalue weighted by atomic mass is 16.5. The van der Waals surface area contributed by atoms with Crippen molar-refractivity contribution in [1.29, 1.82) is 0 Å². The molecule has 1 aliphatic heterocycles. The summed E-state index contributed by atoms with van der Waals surface area (Å²) in [5.41, 5.74) is 2.26. The molecule has 3 N–H and O–H groups in total. The molecular weight excluding hydrogens is 390 g/mol. The van der Waals surface area contributed by atoms with Gasteiger partial charge in [-0.25, -0.2) is 4.98 Å². The molecule has 1 saturated heterocycles. The fourth-order valence-corrected chi connectivity index (χ4v) is 3.45. The molecule has 2 aromatic heterocycles. The van der Waals surface area contributed by atoms with E-state index in [1.807, 2.05) is 19.1 Å². The van der Waals surface area contributed by atoms with E-state index in [2.05, 4.69) is 26.4 Å². The van der Waals surface area contributed by atoms with Crippen molar-refractivity contribution in [3.63, 3.8) is 0 Å². The van der Waals surface area contributed by atoms with Crippen LogP contribution in [0.25, 0.3) is 11.4 Å². The number of nitrogens with zero attached hydrogens (tertiary/aromatic N) is 4. The Hall–Kier alpha value is -3.37. The molecule has 1 unspecified atom stereocenters. The first-order chi connectivity index (χ1) is 14.4. The Morgan fingerprint density at radius 3 is 2.70 bits per heavy atom. The topological polar surface area (TPSA) is 126 Å². The number of aromatic nitrogens is 3. The fourth-order valence-electron chi connectivity index (χ4n) is 3.45. The van der Waals surface area contributed by atoms with Crippen LogP contribution in [-0.2, 0) is 11.8 Å². The molecule has 30 heavy (non-hydrogen) atoms. The standard InChI is InChI=1S/C20H23N5O5/c1-12-7-13(9-15(8-12)25-3-5-29-6-4-25)18-23-16(17(26)20(28)24(18)2)19(27)22-14-10-21-30-11-14/h7-11,19,22,26-27H,3-6H2,1-2H3. The molecule has 0 bridgehead atoms. The Morgan fingerprint density at radius 2 is 2.00 bits per heavy atom. The van der Waals surface area contributed by atoms with Crippen LogP contribution in [0.3, 0.4) is 0 Å². The molecule has 0 aliphatic carbocycles. The highest BCUT2D eigenvalue weighted by molar-refractivity contribution is 5.66. The van der Waals surface area contributed by atoms with Crippen molar-refractivity contribution in [2.24, 2.45) is 7.05 Å². The van der Waals surface area contributed by atoms with Gasteiger partial charge in [-0.05, 0) is 30.7 Å². The average Bonchev–Trinajstić information content (AvgIpc) is 3.25. The minimum absolute atomic E-state index is 0.177. The second kappa shape index (κ2) is 8.17. The predicted molar refractivity (Wildman–Crippen MR) is 109 cm³/mol. The highest BCUT2D eigenvalue weighted by Gasteiger charge is 2.22. The van der Waals surface area contributed by atoms with Gasteiger partial charge in [-0.15, -0.1) is 0 Å². The molecule has 0 saturated carbocycles. The zero-order valence-electron chi connectivity index (χ0n) is 16.7. The minimum Gasteiger partial charge on any atom is -0.502 e. The summed E-state index contributed by atoms with van der Waals surface area (Å²) >= 11 is 0. The van der Waals surface area contributed by atoms with Crippen molar-refractivity contribution in [3.05, 3.63) is 52.3 Å². The summed E-state index contributed by atoms with van der Waals surface area (Å²) in [4.78, 5) is 19.3. The third-order valence-corrected chi connectivity index (χ3v) is 4.99. The fraction of sp³-hybridized carbons (Fsp3) is 0.350. The summed E-state index contributed by atoms with van der Waals surface area (Å²) in [7, 11) is 1.53. The van der Waals surface area contributed by atoms with Gasteiger partial charge in [0.2, 0.25) is 5.75 Å². The molecular formula is C20H23N5O5. The average molecular weight is 413 g/mol. The minimum atomic E-state index is -1.43. The van der Waals surface area contributed by atoms with Crippen molar-refractivity contribution in [2.45, 2.75) is 13.2 Å². The molecule has 0 radical (unpaired) electrons. The van der Waals surface area contributed by atoms with Crippen LogP contribution in [0.2, 0.25) is 0 Å². The van der Waals surface area contributed by atoms with Gasteiger partial charge in [-0.3, -0.25) is 9.36 Å². The van der Waals surface area contributed by atoms with Crippen molar-refractivity contribution < 1.29 is 19.5 Å². The number of aliphatic hydroxyl groups excluding tert-OH is 1. The summed E-state index contributed by atoms with van der Waals surface area (Å²) < 4.78 is 11.4. The summed E-state index contributed by atoms with van der Waals surface area (Å²) in [6.45, 7) is 4.83. The number of hydrogen-bond donors (Lipinski definition) is 3. The van der Waals surface area contributed by atoms with Crippen molar-refractivity contribution in [3.8, 4) is 17.1 Å². The number of aryl methyl sites for hydroxylation is 1. The number of hydrogen-bond acceptors (Lipinski definition) is 9. The monoisotopic (exact) mass is 413 g/mol. The predicted octanol–water partition coefficient (Wildman–Crippen LogP) is 1.39. The molecule has 0 amide bonds. The van der Waals surface area contributed by atoms with Crippen LogP contribution in [-0.4, -0.2) is 51.2 Å². The number of aliphatic hydroxyl groups is 1. The second-order valence-corrected chi connectivity index (χ2v) is 7.15. The van der Waals surface area contributed by atoms with Gasteiger partial charge < -0.3 is 29.7 Å². The van der Waals surface area contributed by atoms with Gasteiger partial charge in [0.15, 0.2) is 6.23 Å². The second-order valence-electron chi connectivity index (χ2n) is 7.15.